The highest BCUT2D eigenvalue weighted by Gasteiger charge is 2.27. The summed E-state index contributed by atoms with van der Waals surface area (Å²) < 4.78 is 30.5. The number of ether oxygens (including phenoxy) is 1. The average molecular weight is 1290 g/mol. The van der Waals surface area contributed by atoms with E-state index in [1.807, 2.05) is 33.3 Å². The molecule has 0 aliphatic heterocycles. The van der Waals surface area contributed by atoms with Crippen molar-refractivity contribution in [3.8, 4) is 0 Å². The molecule has 0 spiro atoms. The standard InChI is InChI=1S/C81H141N2O7P/c1-7-10-13-16-19-22-25-27-29-31-33-35-37-39-41-43-45-47-49-51-53-55-58-61-64-67-70-73-80(84)82-78(77-89-91(86,87)88-76-75-83(4,5)6)79(72-69-66-63-60-57-24-21-18-15-12-9-3)90-81(85)74-71-68-65-62-59-56-54-52-50-48-46-44-42-40-38-36-34-32-30-28-26-23-20-17-14-11-8-2/h11,14,19-20,22-23,27-30,33-36,39-42,46,48,69,72,78-79H,7-10,12-13,15-18,21,24-26,31-32,37-38,43-45,47,49-68,70-71,73-77H2,1-6H3,(H-,82,84,86,87)/b14-11-,22-19-,23-20-,29-27-,30-28-,35-33-,36-34-,41-39-,42-40-,48-46-,72-69+. The van der Waals surface area contributed by atoms with Crippen molar-refractivity contribution in [1.29, 1.82) is 0 Å². The summed E-state index contributed by atoms with van der Waals surface area (Å²) in [6.07, 6.45) is 98.6. The molecule has 0 heterocycles. The summed E-state index contributed by atoms with van der Waals surface area (Å²) in [5.41, 5.74) is 0. The maximum absolute atomic E-state index is 13.6. The van der Waals surface area contributed by atoms with Crippen molar-refractivity contribution in [2.75, 3.05) is 40.9 Å². The van der Waals surface area contributed by atoms with E-state index in [-0.39, 0.29) is 24.9 Å². The van der Waals surface area contributed by atoms with Gasteiger partial charge in [0.1, 0.15) is 19.3 Å². The Hall–Kier alpha value is -3.85. The van der Waals surface area contributed by atoms with Crippen molar-refractivity contribution in [2.24, 2.45) is 0 Å². The molecule has 0 aromatic carbocycles. The van der Waals surface area contributed by atoms with E-state index in [1.165, 1.54) is 148 Å². The number of allylic oxidation sites excluding steroid dienone is 21. The number of phosphoric ester groups is 1. The largest absolute Gasteiger partial charge is 0.756 e. The van der Waals surface area contributed by atoms with E-state index in [1.54, 1.807) is 0 Å². The lowest BCUT2D eigenvalue weighted by molar-refractivity contribution is -0.870. The second-order valence-electron chi connectivity index (χ2n) is 26.1. The number of rotatable bonds is 67. The smallest absolute Gasteiger partial charge is 0.306 e. The Balaban J connectivity index is 5.00. The first kappa shape index (κ1) is 87.2. The second-order valence-corrected chi connectivity index (χ2v) is 27.5. The van der Waals surface area contributed by atoms with Crippen LogP contribution in [0, 0.1) is 0 Å². The first-order chi connectivity index (χ1) is 44.4. The molecule has 10 heteroatoms. The Morgan fingerprint density at radius 1 is 0.396 bits per heavy atom. The van der Waals surface area contributed by atoms with Gasteiger partial charge in [0.25, 0.3) is 7.82 Å². The molecule has 9 nitrogen and oxygen atoms in total. The third-order valence-electron chi connectivity index (χ3n) is 16.1. The highest BCUT2D eigenvalue weighted by Crippen LogP contribution is 2.38. The summed E-state index contributed by atoms with van der Waals surface area (Å²) in [7, 11) is 1.17. The molecule has 0 rings (SSSR count). The van der Waals surface area contributed by atoms with E-state index in [9.17, 15) is 19.0 Å². The first-order valence-electron chi connectivity index (χ1n) is 37.5. The number of quaternary nitrogens is 1. The van der Waals surface area contributed by atoms with Gasteiger partial charge in [0.15, 0.2) is 0 Å². The van der Waals surface area contributed by atoms with Crippen molar-refractivity contribution in [1.82, 2.24) is 5.32 Å². The van der Waals surface area contributed by atoms with E-state index in [0.717, 1.165) is 128 Å². The normalized spacial score (nSPS) is 14.2. The molecular weight excluding hydrogens is 1140 g/mol. The molecule has 0 aromatic rings. The van der Waals surface area contributed by atoms with Gasteiger partial charge in [-0.25, -0.2) is 0 Å². The summed E-state index contributed by atoms with van der Waals surface area (Å²) >= 11 is 0. The number of unbranched alkanes of at least 4 members (excludes halogenated alkanes) is 31. The van der Waals surface area contributed by atoms with Gasteiger partial charge in [0, 0.05) is 12.8 Å². The fourth-order valence-corrected chi connectivity index (χ4v) is 11.1. The van der Waals surface area contributed by atoms with Gasteiger partial charge in [-0.3, -0.25) is 14.2 Å². The molecule has 0 bridgehead atoms. The molecule has 522 valence electrons. The number of likely N-dealkylation sites (N-methyl/N-ethyl adjacent to an activating group) is 1. The van der Waals surface area contributed by atoms with Crippen LogP contribution in [0.4, 0.5) is 0 Å². The van der Waals surface area contributed by atoms with Crippen LogP contribution < -0.4 is 10.2 Å². The van der Waals surface area contributed by atoms with Crippen LogP contribution in [-0.4, -0.2) is 69.4 Å². The predicted octanol–water partition coefficient (Wildman–Crippen LogP) is 23.7. The molecule has 91 heavy (non-hydrogen) atoms. The molecule has 0 aliphatic rings. The number of nitrogens with zero attached hydrogens (tertiary/aromatic N) is 1. The molecule has 0 aromatic heterocycles. The summed E-state index contributed by atoms with van der Waals surface area (Å²) in [6, 6.07) is -0.904. The molecule has 3 atom stereocenters. The highest BCUT2D eigenvalue weighted by atomic mass is 31.2. The molecule has 0 saturated carbocycles. The Labute approximate surface area is 562 Å². The lowest BCUT2D eigenvalue weighted by Gasteiger charge is -2.30. The number of carbonyl (C=O) groups excluding carboxylic acids is 2. The van der Waals surface area contributed by atoms with Gasteiger partial charge in [-0.05, 0) is 128 Å². The Kier molecular flexibility index (Phi) is 66.1. The second kappa shape index (κ2) is 69.0. The van der Waals surface area contributed by atoms with Crippen LogP contribution in [-0.2, 0) is 27.9 Å². The molecule has 0 aliphatic carbocycles. The zero-order chi connectivity index (χ0) is 66.3. The quantitative estimate of drug-likeness (QED) is 0.0212. The number of phosphoric acid groups is 1. The summed E-state index contributed by atoms with van der Waals surface area (Å²) in [6.45, 7) is 6.70. The fourth-order valence-electron chi connectivity index (χ4n) is 10.3. The third kappa shape index (κ3) is 70.3. The number of carbonyl (C=O) groups is 2. The van der Waals surface area contributed by atoms with E-state index < -0.39 is 26.6 Å². The number of hydrogen-bond acceptors (Lipinski definition) is 7. The van der Waals surface area contributed by atoms with Gasteiger partial charge in [-0.15, -0.1) is 0 Å². The Bertz CT molecular complexity index is 2020. The highest BCUT2D eigenvalue weighted by molar-refractivity contribution is 7.45. The monoisotopic (exact) mass is 1290 g/mol. The third-order valence-corrected chi connectivity index (χ3v) is 17.0. The first-order valence-corrected chi connectivity index (χ1v) is 39.0. The number of nitrogens with one attached hydrogen (secondary N) is 1. The minimum absolute atomic E-state index is 0.0305. The van der Waals surface area contributed by atoms with Crippen molar-refractivity contribution >= 4 is 19.7 Å². The fraction of sp³-hybridized carbons (Fsp3) is 0.704. The minimum Gasteiger partial charge on any atom is -0.756 e. The SMILES string of the molecule is CC/C=C\C/C=C\C/C=C\C/C=C\C/C=C\C/C=C\CCCCCCCCCCC(=O)OC(/C=C/CCCCCCCCCCC)C(COP(=O)([O-])OCC[N+](C)(C)C)NC(=O)CCCCCCCCCCCCC/C=C\C/C=C\C/C=C\C/C=C\CCCCC. The van der Waals surface area contributed by atoms with Crippen LogP contribution in [0.5, 0.6) is 0 Å². The van der Waals surface area contributed by atoms with Crippen LogP contribution in [0.2, 0.25) is 0 Å². The van der Waals surface area contributed by atoms with Gasteiger partial charge in [0.2, 0.25) is 5.91 Å². The molecule has 1 amide bonds. The molecule has 1 N–H and O–H groups in total. The van der Waals surface area contributed by atoms with E-state index in [4.69, 9.17) is 13.8 Å². The van der Waals surface area contributed by atoms with Crippen molar-refractivity contribution < 1.29 is 37.3 Å². The maximum Gasteiger partial charge on any atom is 0.306 e. The van der Waals surface area contributed by atoms with Gasteiger partial charge >= 0.3 is 5.97 Å². The van der Waals surface area contributed by atoms with E-state index in [0.29, 0.717) is 23.9 Å². The van der Waals surface area contributed by atoms with Crippen molar-refractivity contribution in [3.05, 3.63) is 134 Å². The lowest BCUT2D eigenvalue weighted by Crippen LogP contribution is -2.47. The predicted molar refractivity (Wildman–Crippen MR) is 394 cm³/mol. The van der Waals surface area contributed by atoms with Crippen molar-refractivity contribution in [3.63, 3.8) is 0 Å². The van der Waals surface area contributed by atoms with Crippen LogP contribution in [0.15, 0.2) is 134 Å². The lowest BCUT2D eigenvalue weighted by atomic mass is 10.0. The average Bonchev–Trinajstić information content (AvgIpc) is 3.03. The topological polar surface area (TPSA) is 114 Å². The Morgan fingerprint density at radius 3 is 1.08 bits per heavy atom. The van der Waals surface area contributed by atoms with Crippen LogP contribution >= 0.6 is 7.82 Å². The van der Waals surface area contributed by atoms with Crippen LogP contribution in [0.25, 0.3) is 0 Å². The molecule has 3 unspecified atom stereocenters. The summed E-state index contributed by atoms with van der Waals surface area (Å²) in [4.78, 5) is 40.2. The number of hydrogen-bond donors (Lipinski definition) is 1. The molecular formula is C81H141N2O7P. The molecule has 0 radical (unpaired) electrons. The Morgan fingerprint density at radius 2 is 0.703 bits per heavy atom. The maximum atomic E-state index is 13.6. The van der Waals surface area contributed by atoms with Crippen LogP contribution in [0.1, 0.15) is 316 Å². The number of amides is 1. The van der Waals surface area contributed by atoms with E-state index >= 15 is 0 Å². The van der Waals surface area contributed by atoms with Gasteiger partial charge in [-0.1, -0.05) is 309 Å². The molecule has 0 saturated heterocycles. The van der Waals surface area contributed by atoms with E-state index in [2.05, 4.69) is 148 Å². The zero-order valence-electron chi connectivity index (χ0n) is 59.8. The zero-order valence-corrected chi connectivity index (χ0v) is 60.7. The van der Waals surface area contributed by atoms with Crippen LogP contribution in [0.3, 0.4) is 0 Å². The summed E-state index contributed by atoms with van der Waals surface area (Å²) in [5.74, 6) is -0.556. The minimum atomic E-state index is -4.72. The number of esters is 1. The van der Waals surface area contributed by atoms with Gasteiger partial charge < -0.3 is 28.5 Å². The summed E-state index contributed by atoms with van der Waals surface area (Å²) in [5, 5.41) is 3.04. The van der Waals surface area contributed by atoms with Gasteiger partial charge in [-0.2, -0.15) is 0 Å². The molecule has 0 fully saturated rings. The van der Waals surface area contributed by atoms with Gasteiger partial charge in [0.05, 0.1) is 33.8 Å². The van der Waals surface area contributed by atoms with Crippen molar-refractivity contribution in [2.45, 2.75) is 328 Å².